The Bertz CT molecular complexity index is 872. The predicted octanol–water partition coefficient (Wildman–Crippen LogP) is 4.43. The first-order valence-electron chi connectivity index (χ1n) is 9.55. The van der Waals surface area contributed by atoms with Gasteiger partial charge in [0.05, 0.1) is 17.8 Å². The molecule has 2 aromatic carbocycles. The third-order valence-electron chi connectivity index (χ3n) is 4.62. The van der Waals surface area contributed by atoms with Crippen LogP contribution in [0.25, 0.3) is 0 Å². The van der Waals surface area contributed by atoms with Gasteiger partial charge >= 0.3 is 0 Å². The molecule has 0 aliphatic rings. The number of carbonyl (C=O) groups excluding carboxylic acids is 1. The van der Waals surface area contributed by atoms with Crippen LogP contribution in [-0.2, 0) is 14.6 Å². The van der Waals surface area contributed by atoms with Crippen molar-refractivity contribution in [2.45, 2.75) is 44.4 Å². The minimum Gasteiger partial charge on any atom is -0.497 e. The minimum absolute atomic E-state index is 0.0553. The van der Waals surface area contributed by atoms with Gasteiger partial charge in [-0.15, -0.1) is 0 Å². The van der Waals surface area contributed by atoms with Gasteiger partial charge in [0.1, 0.15) is 5.75 Å². The van der Waals surface area contributed by atoms with Crippen LogP contribution >= 0.6 is 0 Å². The van der Waals surface area contributed by atoms with E-state index in [1.165, 1.54) is 24.8 Å². The van der Waals surface area contributed by atoms with Crippen molar-refractivity contribution < 1.29 is 17.9 Å². The van der Waals surface area contributed by atoms with E-state index in [0.29, 0.717) is 18.2 Å². The largest absolute Gasteiger partial charge is 0.497 e. The van der Waals surface area contributed by atoms with E-state index in [-0.39, 0.29) is 23.0 Å². The fourth-order valence-electron chi connectivity index (χ4n) is 2.92. The molecule has 5 nitrogen and oxygen atoms in total. The third kappa shape index (κ3) is 5.58. The number of rotatable bonds is 9. The second-order valence-corrected chi connectivity index (χ2v) is 9.15. The van der Waals surface area contributed by atoms with Crippen molar-refractivity contribution >= 4 is 21.4 Å². The summed E-state index contributed by atoms with van der Waals surface area (Å²) in [5.41, 5.74) is 2.01. The molecule has 0 bridgehead atoms. The number of hydrogen-bond acceptors (Lipinski definition) is 4. The van der Waals surface area contributed by atoms with E-state index in [4.69, 9.17) is 4.74 Å². The van der Waals surface area contributed by atoms with Gasteiger partial charge in [0.15, 0.2) is 9.84 Å². The van der Waals surface area contributed by atoms with Crippen molar-refractivity contribution in [3.05, 3.63) is 54.1 Å². The van der Waals surface area contributed by atoms with Crippen molar-refractivity contribution in [3.63, 3.8) is 0 Å². The molecule has 1 amide bonds. The van der Waals surface area contributed by atoms with Crippen LogP contribution in [0.5, 0.6) is 5.75 Å². The van der Waals surface area contributed by atoms with Crippen LogP contribution in [0.2, 0.25) is 0 Å². The maximum Gasteiger partial charge on any atom is 0.228 e. The van der Waals surface area contributed by atoms with Crippen LogP contribution < -0.4 is 9.64 Å². The lowest BCUT2D eigenvalue weighted by molar-refractivity contribution is -0.118. The molecule has 0 unspecified atom stereocenters. The van der Waals surface area contributed by atoms with Crippen molar-refractivity contribution in [3.8, 4) is 5.75 Å². The number of amides is 1. The number of ether oxygens (including phenoxy) is 1. The van der Waals surface area contributed by atoms with E-state index in [9.17, 15) is 13.2 Å². The fraction of sp³-hybridized carbons (Fsp3) is 0.409. The van der Waals surface area contributed by atoms with E-state index in [1.54, 1.807) is 17.0 Å². The van der Waals surface area contributed by atoms with Crippen LogP contribution in [0.4, 0.5) is 5.69 Å². The summed E-state index contributed by atoms with van der Waals surface area (Å²) in [7, 11) is -2.01. The van der Waals surface area contributed by atoms with Crippen molar-refractivity contribution in [1.29, 1.82) is 0 Å². The summed E-state index contributed by atoms with van der Waals surface area (Å²) >= 11 is 0. The smallest absolute Gasteiger partial charge is 0.228 e. The maximum atomic E-state index is 12.8. The van der Waals surface area contributed by atoms with Crippen molar-refractivity contribution in [1.82, 2.24) is 0 Å². The Kier molecular flexibility index (Phi) is 7.63. The van der Waals surface area contributed by atoms with Crippen LogP contribution in [0.15, 0.2) is 53.4 Å². The molecule has 0 radical (unpaired) electrons. The topological polar surface area (TPSA) is 63.7 Å². The van der Waals surface area contributed by atoms with Gasteiger partial charge in [0.2, 0.25) is 5.91 Å². The fourth-order valence-corrected chi connectivity index (χ4v) is 4.15. The van der Waals surface area contributed by atoms with Gasteiger partial charge in [-0.1, -0.05) is 32.9 Å². The Balaban J connectivity index is 2.10. The molecular weight excluding hydrogens is 374 g/mol. The molecule has 0 fully saturated rings. The summed E-state index contributed by atoms with van der Waals surface area (Å²) in [5, 5.41) is 0. The van der Waals surface area contributed by atoms with E-state index in [1.807, 2.05) is 31.2 Å². The number of sulfone groups is 1. The molecule has 0 heterocycles. The Morgan fingerprint density at radius 3 is 2.14 bits per heavy atom. The summed E-state index contributed by atoms with van der Waals surface area (Å²) in [4.78, 5) is 14.6. The first kappa shape index (κ1) is 22.0. The van der Waals surface area contributed by atoms with Gasteiger partial charge < -0.3 is 9.64 Å². The molecule has 0 atom stereocenters. The third-order valence-corrected chi connectivity index (χ3v) is 6.35. The zero-order valence-corrected chi connectivity index (χ0v) is 17.8. The summed E-state index contributed by atoms with van der Waals surface area (Å²) in [6, 6.07) is 14.1. The van der Waals surface area contributed by atoms with E-state index >= 15 is 0 Å². The Labute approximate surface area is 168 Å². The summed E-state index contributed by atoms with van der Waals surface area (Å²) in [6.45, 7) is 6.79. The van der Waals surface area contributed by atoms with Gasteiger partial charge in [0, 0.05) is 18.7 Å². The quantitative estimate of drug-likeness (QED) is 0.621. The molecule has 0 aliphatic carbocycles. The molecule has 0 saturated carbocycles. The SMILES string of the molecule is CCCN(C(=O)CCS(=O)(=O)c1ccc(OC)cc1)c1ccc(C(C)C)cc1. The van der Waals surface area contributed by atoms with Gasteiger partial charge in [-0.3, -0.25) is 4.79 Å². The number of nitrogens with zero attached hydrogens (tertiary/aromatic N) is 1. The van der Waals surface area contributed by atoms with Crippen LogP contribution in [0, 0.1) is 0 Å². The lowest BCUT2D eigenvalue weighted by Gasteiger charge is -2.23. The van der Waals surface area contributed by atoms with E-state index in [0.717, 1.165) is 12.1 Å². The average Bonchev–Trinajstić information content (AvgIpc) is 2.70. The maximum absolute atomic E-state index is 12.8. The Morgan fingerprint density at radius 1 is 1.04 bits per heavy atom. The molecular formula is C22H29NO4S. The molecule has 2 aromatic rings. The van der Waals surface area contributed by atoms with Crippen LogP contribution in [0.1, 0.15) is 45.1 Å². The average molecular weight is 404 g/mol. The predicted molar refractivity (Wildman–Crippen MR) is 113 cm³/mol. The molecule has 0 aliphatic heterocycles. The first-order chi connectivity index (χ1) is 13.3. The van der Waals surface area contributed by atoms with E-state index < -0.39 is 9.84 Å². The number of methoxy groups -OCH3 is 1. The van der Waals surface area contributed by atoms with Gasteiger partial charge in [0.25, 0.3) is 0 Å². The number of benzene rings is 2. The van der Waals surface area contributed by atoms with Crippen molar-refractivity contribution in [2.24, 2.45) is 0 Å². The Morgan fingerprint density at radius 2 is 1.64 bits per heavy atom. The van der Waals surface area contributed by atoms with Gasteiger partial charge in [-0.25, -0.2) is 8.42 Å². The molecule has 28 heavy (non-hydrogen) atoms. The highest BCUT2D eigenvalue weighted by Gasteiger charge is 2.21. The zero-order valence-electron chi connectivity index (χ0n) is 17.0. The molecule has 2 rings (SSSR count). The van der Waals surface area contributed by atoms with Crippen molar-refractivity contribution in [2.75, 3.05) is 24.3 Å². The van der Waals surface area contributed by atoms with Gasteiger partial charge in [-0.2, -0.15) is 0 Å². The Hall–Kier alpha value is -2.34. The molecule has 0 spiro atoms. The van der Waals surface area contributed by atoms with Crippen LogP contribution in [0.3, 0.4) is 0 Å². The number of hydrogen-bond donors (Lipinski definition) is 0. The highest BCUT2D eigenvalue weighted by Crippen LogP contribution is 2.22. The highest BCUT2D eigenvalue weighted by molar-refractivity contribution is 7.91. The lowest BCUT2D eigenvalue weighted by Crippen LogP contribution is -2.33. The zero-order chi connectivity index (χ0) is 20.7. The standard InChI is InChI=1S/C22H29NO4S/c1-5-15-23(19-8-6-18(7-9-19)17(2)3)22(24)14-16-28(25,26)21-12-10-20(27-4)11-13-21/h6-13,17H,5,14-16H2,1-4H3. The number of anilines is 1. The normalized spacial score (nSPS) is 11.5. The molecule has 0 aromatic heterocycles. The van der Waals surface area contributed by atoms with E-state index in [2.05, 4.69) is 13.8 Å². The van der Waals surface area contributed by atoms with Gasteiger partial charge in [-0.05, 0) is 54.3 Å². The second-order valence-electron chi connectivity index (χ2n) is 7.04. The highest BCUT2D eigenvalue weighted by atomic mass is 32.2. The molecule has 0 N–H and O–H groups in total. The minimum atomic E-state index is -3.53. The molecule has 0 saturated heterocycles. The summed E-state index contributed by atoms with van der Waals surface area (Å²) in [6.07, 6.45) is 0.739. The van der Waals surface area contributed by atoms with Crippen LogP contribution in [-0.4, -0.2) is 33.7 Å². The number of carbonyl (C=O) groups is 1. The monoisotopic (exact) mass is 403 g/mol. The second kappa shape index (κ2) is 9.73. The summed E-state index contributed by atoms with van der Waals surface area (Å²) < 4.78 is 30.2. The first-order valence-corrected chi connectivity index (χ1v) is 11.2. The summed E-state index contributed by atoms with van der Waals surface area (Å²) in [5.74, 6) is 0.604. The molecule has 6 heteroatoms. The molecule has 152 valence electrons. The lowest BCUT2D eigenvalue weighted by atomic mass is 10.0.